The van der Waals surface area contributed by atoms with Crippen molar-refractivity contribution in [3.8, 4) is 0 Å². The molecule has 0 atom stereocenters. The van der Waals surface area contributed by atoms with Gasteiger partial charge in [-0.3, -0.25) is 20.2 Å². The molecule has 0 spiro atoms. The number of nitrogens with zero attached hydrogens (tertiary/aromatic N) is 2. The minimum atomic E-state index is -0.441. The van der Waals surface area contributed by atoms with Gasteiger partial charge in [0.05, 0.1) is 9.85 Å². The third kappa shape index (κ3) is 3.42. The Labute approximate surface area is 140 Å². The fraction of sp³-hybridized carbons (Fsp3) is 0.333. The van der Waals surface area contributed by atoms with Crippen molar-refractivity contribution in [3.05, 3.63) is 78.9 Å². The van der Waals surface area contributed by atoms with Crippen LogP contribution in [0.25, 0.3) is 0 Å². The third-order valence-corrected chi connectivity index (χ3v) is 4.33. The largest absolute Gasteiger partial charge is 0.273 e. The Bertz CT molecular complexity index is 721. The molecule has 6 heteroatoms. The van der Waals surface area contributed by atoms with Crippen molar-refractivity contribution < 1.29 is 9.85 Å². The summed E-state index contributed by atoms with van der Waals surface area (Å²) in [5.74, 6) is -0.441. The topological polar surface area (TPSA) is 86.3 Å². The molecule has 0 saturated carbocycles. The summed E-state index contributed by atoms with van der Waals surface area (Å²) >= 11 is 0. The lowest BCUT2D eigenvalue weighted by molar-refractivity contribution is -0.386. The molecule has 0 heterocycles. The van der Waals surface area contributed by atoms with Crippen molar-refractivity contribution in [2.75, 3.05) is 0 Å². The van der Waals surface area contributed by atoms with E-state index in [-0.39, 0.29) is 11.4 Å². The van der Waals surface area contributed by atoms with Crippen LogP contribution in [0.3, 0.4) is 0 Å². The van der Waals surface area contributed by atoms with Gasteiger partial charge in [0, 0.05) is 29.2 Å². The maximum atomic E-state index is 11.4. The van der Waals surface area contributed by atoms with E-state index in [1.54, 1.807) is 31.2 Å². The van der Waals surface area contributed by atoms with E-state index in [4.69, 9.17) is 0 Å². The molecule has 0 saturated heterocycles. The first-order valence-corrected chi connectivity index (χ1v) is 7.93. The van der Waals surface area contributed by atoms with Gasteiger partial charge in [-0.05, 0) is 36.1 Å². The van der Waals surface area contributed by atoms with E-state index in [9.17, 15) is 20.2 Å². The molecular weight excluding hydrogens is 308 g/mol. The van der Waals surface area contributed by atoms with Gasteiger partial charge >= 0.3 is 0 Å². The molecule has 2 rings (SSSR count). The van der Waals surface area contributed by atoms with Crippen LogP contribution in [0.15, 0.2) is 36.4 Å². The molecule has 0 aromatic heterocycles. The van der Waals surface area contributed by atoms with Gasteiger partial charge in [-0.15, -0.1) is 0 Å². The first kappa shape index (κ1) is 17.6. The molecule has 6 nitrogen and oxygen atoms in total. The fourth-order valence-corrected chi connectivity index (χ4v) is 2.84. The van der Waals surface area contributed by atoms with Crippen molar-refractivity contribution in [1.29, 1.82) is 0 Å². The Kier molecular flexibility index (Phi) is 5.28. The molecule has 2 aromatic rings. The average Bonchev–Trinajstić information content (AvgIpc) is 2.59. The maximum absolute atomic E-state index is 11.4. The molecule has 0 N–H and O–H groups in total. The molecule has 2 aromatic carbocycles. The first-order chi connectivity index (χ1) is 11.4. The lowest BCUT2D eigenvalue weighted by atomic mass is 9.88. The number of nitro benzene ring substituents is 2. The van der Waals surface area contributed by atoms with E-state index in [2.05, 4.69) is 0 Å². The Morgan fingerprint density at radius 2 is 1.21 bits per heavy atom. The van der Waals surface area contributed by atoms with Gasteiger partial charge in [0.25, 0.3) is 11.4 Å². The minimum absolute atomic E-state index is 0.00380. The Morgan fingerprint density at radius 3 is 1.50 bits per heavy atom. The zero-order chi connectivity index (χ0) is 17.9. The normalized spacial score (nSPS) is 10.8. The minimum Gasteiger partial charge on any atom is -0.258 e. The average molecular weight is 328 g/mol. The van der Waals surface area contributed by atoms with E-state index < -0.39 is 15.8 Å². The van der Waals surface area contributed by atoms with Crippen LogP contribution in [0.4, 0.5) is 11.4 Å². The number of aryl methyl sites for hydroxylation is 2. The third-order valence-electron chi connectivity index (χ3n) is 4.33. The number of hydrogen-bond acceptors (Lipinski definition) is 4. The molecule has 126 valence electrons. The Hall–Kier alpha value is -2.76. The van der Waals surface area contributed by atoms with Crippen LogP contribution in [-0.4, -0.2) is 9.85 Å². The highest BCUT2D eigenvalue weighted by Crippen LogP contribution is 2.37. The summed E-state index contributed by atoms with van der Waals surface area (Å²) in [7, 11) is 0. The lowest BCUT2D eigenvalue weighted by Gasteiger charge is -2.15. The van der Waals surface area contributed by atoms with Crippen LogP contribution in [-0.2, 0) is 12.8 Å². The van der Waals surface area contributed by atoms with Crippen LogP contribution in [0.5, 0.6) is 0 Å². The van der Waals surface area contributed by atoms with Gasteiger partial charge in [-0.2, -0.15) is 0 Å². The van der Waals surface area contributed by atoms with Crippen LogP contribution in [0.1, 0.15) is 48.9 Å². The quantitative estimate of drug-likeness (QED) is 0.564. The van der Waals surface area contributed by atoms with Crippen molar-refractivity contribution in [2.24, 2.45) is 0 Å². The number of hydrogen-bond donors (Lipinski definition) is 0. The smallest absolute Gasteiger partial charge is 0.258 e. The molecule has 0 aliphatic heterocycles. The number of rotatable bonds is 6. The second-order valence-corrected chi connectivity index (χ2v) is 5.73. The summed E-state index contributed by atoms with van der Waals surface area (Å²) in [6, 6.07) is 9.99. The van der Waals surface area contributed by atoms with Crippen molar-refractivity contribution in [3.63, 3.8) is 0 Å². The molecule has 0 radical (unpaired) electrons. The fourth-order valence-electron chi connectivity index (χ4n) is 2.84. The molecule has 24 heavy (non-hydrogen) atoms. The van der Waals surface area contributed by atoms with Gasteiger partial charge in [0.2, 0.25) is 0 Å². The zero-order valence-corrected chi connectivity index (χ0v) is 14.0. The highest BCUT2D eigenvalue weighted by Gasteiger charge is 2.26. The van der Waals surface area contributed by atoms with E-state index in [0.29, 0.717) is 11.1 Å². The predicted octanol–water partition coefficient (Wildman–Crippen LogP) is 4.78. The van der Waals surface area contributed by atoms with Gasteiger partial charge in [0.15, 0.2) is 0 Å². The molecular formula is C18H20N2O4. The summed E-state index contributed by atoms with van der Waals surface area (Å²) in [5, 5.41) is 22.7. The zero-order valence-electron chi connectivity index (χ0n) is 14.0. The Balaban J connectivity index is 2.65. The molecule has 0 unspecified atom stereocenters. The second-order valence-electron chi connectivity index (χ2n) is 5.73. The summed E-state index contributed by atoms with van der Waals surface area (Å²) in [6.45, 7) is 5.72. The molecule has 0 aliphatic carbocycles. The monoisotopic (exact) mass is 328 g/mol. The van der Waals surface area contributed by atoms with E-state index in [1.807, 2.05) is 13.8 Å². The van der Waals surface area contributed by atoms with Crippen LogP contribution in [0, 0.1) is 20.2 Å². The Morgan fingerprint density at radius 1 is 0.833 bits per heavy atom. The van der Waals surface area contributed by atoms with Gasteiger partial charge in [-0.25, -0.2) is 0 Å². The van der Waals surface area contributed by atoms with Crippen molar-refractivity contribution >= 4 is 11.4 Å². The molecule has 0 amide bonds. The standard InChI is InChI=1S/C18H20N2O4/c1-4-13-6-8-17(19(21)22)15(10-13)12(3)16-11-14(5-2)7-9-18(16)20(23)24/h6-12H,4-5H2,1-3H3. The van der Waals surface area contributed by atoms with Gasteiger partial charge in [-0.1, -0.05) is 32.9 Å². The van der Waals surface area contributed by atoms with Crippen molar-refractivity contribution in [2.45, 2.75) is 39.5 Å². The number of nitro groups is 2. The highest BCUT2D eigenvalue weighted by molar-refractivity contribution is 5.54. The predicted molar refractivity (Wildman–Crippen MR) is 92.5 cm³/mol. The molecule has 0 aliphatic rings. The van der Waals surface area contributed by atoms with E-state index in [1.165, 1.54) is 12.1 Å². The van der Waals surface area contributed by atoms with Crippen LogP contribution in [0.2, 0.25) is 0 Å². The summed E-state index contributed by atoms with van der Waals surface area (Å²) in [5.41, 5.74) is 2.95. The molecule has 0 fully saturated rings. The molecule has 0 bridgehead atoms. The maximum Gasteiger partial charge on any atom is 0.273 e. The first-order valence-electron chi connectivity index (χ1n) is 7.93. The van der Waals surface area contributed by atoms with E-state index >= 15 is 0 Å². The van der Waals surface area contributed by atoms with Crippen LogP contribution >= 0.6 is 0 Å². The van der Waals surface area contributed by atoms with E-state index in [0.717, 1.165) is 24.0 Å². The second kappa shape index (κ2) is 7.21. The number of benzene rings is 2. The van der Waals surface area contributed by atoms with Crippen molar-refractivity contribution in [1.82, 2.24) is 0 Å². The van der Waals surface area contributed by atoms with Crippen LogP contribution < -0.4 is 0 Å². The van der Waals surface area contributed by atoms with Gasteiger partial charge < -0.3 is 0 Å². The summed E-state index contributed by atoms with van der Waals surface area (Å²) < 4.78 is 0. The summed E-state index contributed by atoms with van der Waals surface area (Å²) in [4.78, 5) is 21.9. The van der Waals surface area contributed by atoms with Gasteiger partial charge in [0.1, 0.15) is 0 Å². The summed E-state index contributed by atoms with van der Waals surface area (Å²) in [6.07, 6.45) is 1.49. The highest BCUT2D eigenvalue weighted by atomic mass is 16.6. The SMILES string of the molecule is CCc1ccc([N+](=O)[O-])c(C(C)c2cc(CC)ccc2[N+](=O)[O-])c1. The lowest BCUT2D eigenvalue weighted by Crippen LogP contribution is -2.06.